The van der Waals surface area contributed by atoms with E-state index in [0.29, 0.717) is 5.82 Å². The first-order valence-corrected chi connectivity index (χ1v) is 8.94. The molecule has 0 saturated carbocycles. The zero-order valence-corrected chi connectivity index (χ0v) is 17.1. The quantitative estimate of drug-likeness (QED) is 0.583. The lowest BCUT2D eigenvalue weighted by atomic mass is 10.2. The predicted molar refractivity (Wildman–Crippen MR) is 114 cm³/mol. The Balaban J connectivity index is 0.000000198. The minimum Gasteiger partial charge on any atom is -0.357 e. The number of aromatic nitrogens is 3. The van der Waals surface area contributed by atoms with Crippen molar-refractivity contribution in [2.24, 2.45) is 7.05 Å². The van der Waals surface area contributed by atoms with E-state index >= 15 is 0 Å². The molecule has 28 heavy (non-hydrogen) atoms. The number of aryl methyl sites for hydroxylation is 1. The summed E-state index contributed by atoms with van der Waals surface area (Å²) >= 11 is 4.02. The second-order valence-electron chi connectivity index (χ2n) is 6.22. The van der Waals surface area contributed by atoms with Gasteiger partial charge in [0.05, 0.1) is 23.0 Å². The summed E-state index contributed by atoms with van der Waals surface area (Å²) in [7, 11) is 1.91. The summed E-state index contributed by atoms with van der Waals surface area (Å²) in [5.41, 5.74) is 1.43. The fourth-order valence-corrected chi connectivity index (χ4v) is 3.22. The van der Waals surface area contributed by atoms with E-state index in [1.807, 2.05) is 41.0 Å². The van der Waals surface area contributed by atoms with Gasteiger partial charge in [0.2, 0.25) is 0 Å². The highest BCUT2D eigenvalue weighted by Gasteiger charge is 2.31. The lowest BCUT2D eigenvalue weighted by molar-refractivity contribution is -0.137. The Morgan fingerprint density at radius 3 is 2.50 bits per heavy atom. The third kappa shape index (κ3) is 5.05. The zero-order valence-electron chi connectivity index (χ0n) is 15.2. The van der Waals surface area contributed by atoms with Crippen molar-refractivity contribution in [3.8, 4) is 0 Å². The lowest BCUT2D eigenvalue weighted by Crippen LogP contribution is -2.19. The van der Waals surface area contributed by atoms with Crippen LogP contribution >= 0.6 is 26.3 Å². The molecule has 0 aliphatic carbocycles. The molecule has 0 radical (unpaired) electrons. The summed E-state index contributed by atoms with van der Waals surface area (Å²) in [6.07, 6.45) is 0.827. The topological polar surface area (TPSA) is 46.0 Å². The van der Waals surface area contributed by atoms with Crippen LogP contribution in [0.3, 0.4) is 0 Å². The number of thiol groups is 1. The van der Waals surface area contributed by atoms with Crippen LogP contribution in [0.15, 0.2) is 42.7 Å². The van der Waals surface area contributed by atoms with Gasteiger partial charge in [-0.1, -0.05) is 24.9 Å². The van der Waals surface area contributed by atoms with Crippen LogP contribution < -0.4 is 9.62 Å². The smallest absolute Gasteiger partial charge is 0.357 e. The van der Waals surface area contributed by atoms with Crippen molar-refractivity contribution < 1.29 is 13.2 Å². The van der Waals surface area contributed by atoms with Crippen LogP contribution in [0.25, 0.3) is 10.9 Å². The molecule has 1 saturated heterocycles. The maximum absolute atomic E-state index is 12.4. The van der Waals surface area contributed by atoms with Crippen molar-refractivity contribution in [1.82, 2.24) is 14.8 Å². The summed E-state index contributed by atoms with van der Waals surface area (Å²) in [5.74, 6) is 0.433. The predicted octanol–water partition coefficient (Wildman–Crippen LogP) is 4.64. The van der Waals surface area contributed by atoms with E-state index in [4.69, 9.17) is 0 Å². The van der Waals surface area contributed by atoms with Crippen molar-refractivity contribution in [2.45, 2.75) is 19.0 Å². The molecule has 1 aliphatic heterocycles. The molecule has 10 heteroatoms. The number of rotatable bonds is 2. The summed E-state index contributed by atoms with van der Waals surface area (Å²) in [6, 6.07) is 8.08. The highest BCUT2D eigenvalue weighted by Crippen LogP contribution is 2.31. The lowest BCUT2D eigenvalue weighted by Gasteiger charge is -2.17. The fraction of sp³-hybridized carbons (Fsp3) is 0.333. The Morgan fingerprint density at radius 1 is 1.14 bits per heavy atom. The van der Waals surface area contributed by atoms with Gasteiger partial charge in [0.1, 0.15) is 5.82 Å². The molecule has 1 fully saturated rings. The molecule has 5 nitrogen and oxygen atoms in total. The number of alkyl halides is 3. The second kappa shape index (κ2) is 9.42. The van der Waals surface area contributed by atoms with E-state index in [0.717, 1.165) is 54.7 Å². The Morgan fingerprint density at radius 2 is 1.86 bits per heavy atom. The van der Waals surface area contributed by atoms with Gasteiger partial charge in [0, 0.05) is 31.7 Å². The molecule has 152 valence electrons. The number of halogens is 3. The number of fused-ring (bicyclic) bond motifs is 1. The molecule has 4 rings (SSSR count). The molecule has 3 heterocycles. The summed E-state index contributed by atoms with van der Waals surface area (Å²) in [4.78, 5) is 5.84. The van der Waals surface area contributed by atoms with Crippen molar-refractivity contribution in [2.75, 3.05) is 22.7 Å². The minimum atomic E-state index is -4.28. The first kappa shape index (κ1) is 22.2. The minimum absolute atomic E-state index is 0. The van der Waals surface area contributed by atoms with Crippen LogP contribution in [0, 0.1) is 0 Å². The Hall–Kier alpha value is -2.07. The number of para-hydroxylation sites is 1. The van der Waals surface area contributed by atoms with Gasteiger partial charge in [-0.05, 0) is 31.0 Å². The molecular weight excluding hydrogens is 407 g/mol. The van der Waals surface area contributed by atoms with Gasteiger partial charge in [-0.15, -0.1) is 0 Å². The number of benzene rings is 1. The van der Waals surface area contributed by atoms with Crippen LogP contribution in [0.5, 0.6) is 0 Å². The average Bonchev–Trinajstić information content (AvgIpc) is 3.32. The standard InChI is InChI=1S/C10H11F3N2.C8H9N3S.H2S/c11-10(12,13)8-3-4-14-9(7-8)15-5-1-2-6-15;1-11-8-6(5-9-11)3-2-4-7(8)10-12;/h3-4,7H,1-2,5-6H2;2-5,10,12H,1H3;1H2. The number of hydrogen-bond donors (Lipinski definition) is 2. The molecule has 0 bridgehead atoms. The molecular formula is C18H22F3N5S2. The van der Waals surface area contributed by atoms with E-state index in [2.05, 4.69) is 27.6 Å². The summed E-state index contributed by atoms with van der Waals surface area (Å²) in [5, 5.41) is 5.27. The number of hydrogen-bond acceptors (Lipinski definition) is 5. The summed E-state index contributed by atoms with van der Waals surface area (Å²) < 4.78 is 41.9. The zero-order chi connectivity index (χ0) is 19.4. The van der Waals surface area contributed by atoms with Crippen molar-refractivity contribution in [3.05, 3.63) is 48.3 Å². The van der Waals surface area contributed by atoms with E-state index < -0.39 is 11.7 Å². The van der Waals surface area contributed by atoms with E-state index in [1.165, 1.54) is 6.20 Å². The Bertz CT molecular complexity index is 908. The van der Waals surface area contributed by atoms with Gasteiger partial charge in [-0.2, -0.15) is 31.8 Å². The van der Waals surface area contributed by atoms with Crippen LogP contribution in [0.1, 0.15) is 18.4 Å². The molecule has 1 aliphatic rings. The Labute approximate surface area is 173 Å². The highest BCUT2D eigenvalue weighted by molar-refractivity contribution is 7.81. The van der Waals surface area contributed by atoms with Crippen LogP contribution in [-0.4, -0.2) is 27.9 Å². The molecule has 0 unspecified atom stereocenters. The first-order valence-electron chi connectivity index (χ1n) is 8.49. The maximum atomic E-state index is 12.4. The highest BCUT2D eigenvalue weighted by atomic mass is 32.1. The molecule has 0 amide bonds. The fourth-order valence-electron chi connectivity index (χ4n) is 3.04. The Kier molecular flexibility index (Phi) is 7.48. The van der Waals surface area contributed by atoms with Gasteiger partial charge < -0.3 is 9.62 Å². The van der Waals surface area contributed by atoms with Gasteiger partial charge in [0.25, 0.3) is 0 Å². The van der Waals surface area contributed by atoms with Crippen LogP contribution in [0.2, 0.25) is 0 Å². The number of anilines is 2. The molecule has 0 atom stereocenters. The van der Waals surface area contributed by atoms with E-state index in [-0.39, 0.29) is 13.5 Å². The van der Waals surface area contributed by atoms with Crippen molar-refractivity contribution in [3.63, 3.8) is 0 Å². The van der Waals surface area contributed by atoms with E-state index in [9.17, 15) is 13.2 Å². The van der Waals surface area contributed by atoms with Gasteiger partial charge in [-0.25, -0.2) is 4.98 Å². The van der Waals surface area contributed by atoms with Gasteiger partial charge in [-0.3, -0.25) is 4.68 Å². The van der Waals surface area contributed by atoms with E-state index in [1.54, 1.807) is 0 Å². The van der Waals surface area contributed by atoms with Gasteiger partial charge in [0.15, 0.2) is 0 Å². The summed E-state index contributed by atoms with van der Waals surface area (Å²) in [6.45, 7) is 1.60. The normalized spacial score (nSPS) is 13.7. The third-order valence-corrected chi connectivity index (χ3v) is 4.63. The van der Waals surface area contributed by atoms with Gasteiger partial charge >= 0.3 is 6.18 Å². The monoisotopic (exact) mass is 429 g/mol. The SMILES string of the molecule is Cn1ncc2cccc(NS)c21.FC(F)(F)c1ccnc(N2CCCC2)c1.S. The van der Waals surface area contributed by atoms with Crippen molar-refractivity contribution >= 4 is 48.7 Å². The average molecular weight is 430 g/mol. The molecule has 1 N–H and O–H groups in total. The van der Waals surface area contributed by atoms with Crippen LogP contribution in [-0.2, 0) is 13.2 Å². The first-order chi connectivity index (χ1) is 12.9. The third-order valence-electron chi connectivity index (χ3n) is 4.38. The largest absolute Gasteiger partial charge is 0.416 e. The molecule has 1 aromatic carbocycles. The number of pyridine rings is 1. The second-order valence-corrected chi connectivity index (χ2v) is 6.44. The van der Waals surface area contributed by atoms with Crippen LogP contribution in [0.4, 0.5) is 24.7 Å². The number of nitrogens with zero attached hydrogens (tertiary/aromatic N) is 4. The maximum Gasteiger partial charge on any atom is 0.416 e. The number of nitrogens with one attached hydrogen (secondary N) is 1. The molecule has 2 aromatic heterocycles. The molecule has 0 spiro atoms. The van der Waals surface area contributed by atoms with Crippen molar-refractivity contribution in [1.29, 1.82) is 0 Å². The molecule has 3 aromatic rings.